The molecule has 1 heterocycles. The third kappa shape index (κ3) is 4.38. The normalized spacial score (nSPS) is 12.9. The minimum Gasteiger partial charge on any atom is -0.472 e. The van der Waals surface area contributed by atoms with Crippen molar-refractivity contribution < 1.29 is 14.0 Å². The van der Waals surface area contributed by atoms with E-state index < -0.39 is 0 Å². The maximum Gasteiger partial charge on any atom is 0.322 e. The van der Waals surface area contributed by atoms with Crippen LogP contribution in [-0.4, -0.2) is 29.4 Å². The number of hydrogen-bond donors (Lipinski definition) is 2. The molecule has 0 radical (unpaired) electrons. The molecule has 1 aliphatic rings. The van der Waals surface area contributed by atoms with Gasteiger partial charge >= 0.3 is 6.03 Å². The predicted molar refractivity (Wildman–Crippen MR) is 92.1 cm³/mol. The van der Waals surface area contributed by atoms with E-state index in [1.54, 1.807) is 35.2 Å². The summed E-state index contributed by atoms with van der Waals surface area (Å²) in [6.07, 6.45) is 5.05. The zero-order valence-corrected chi connectivity index (χ0v) is 13.6. The van der Waals surface area contributed by atoms with Crippen LogP contribution in [0.4, 0.5) is 16.2 Å². The Morgan fingerprint density at radius 3 is 2.64 bits per heavy atom. The maximum absolute atomic E-state index is 12.4. The monoisotopic (exact) mass is 338 g/mol. The van der Waals surface area contributed by atoms with Gasteiger partial charge in [0.05, 0.1) is 24.3 Å². The molecule has 0 bridgehead atoms. The summed E-state index contributed by atoms with van der Waals surface area (Å²) in [6.45, 7) is 0.421. The number of hydrogen-bond acceptors (Lipinski definition) is 4. The van der Waals surface area contributed by atoms with Crippen molar-refractivity contribution in [3.8, 4) is 6.07 Å². The number of furan rings is 1. The fraction of sp³-hybridized carbons (Fsp3) is 0.278. The van der Waals surface area contributed by atoms with Crippen molar-refractivity contribution in [2.45, 2.75) is 25.3 Å². The molecule has 1 fully saturated rings. The molecule has 0 saturated heterocycles. The molecule has 0 atom stereocenters. The number of nitrogens with one attached hydrogen (secondary N) is 2. The molecule has 0 spiro atoms. The lowest BCUT2D eigenvalue weighted by molar-refractivity contribution is 0.102. The first-order valence-corrected chi connectivity index (χ1v) is 8.05. The molecular formula is C18H18N4O3. The number of nitriles is 1. The highest BCUT2D eigenvalue weighted by Gasteiger charge is 2.32. The topological polar surface area (TPSA) is 98.4 Å². The van der Waals surface area contributed by atoms with E-state index in [1.165, 1.54) is 12.5 Å². The van der Waals surface area contributed by atoms with Crippen molar-refractivity contribution in [2.75, 3.05) is 17.2 Å². The molecule has 25 heavy (non-hydrogen) atoms. The van der Waals surface area contributed by atoms with E-state index in [1.807, 2.05) is 0 Å². The van der Waals surface area contributed by atoms with Gasteiger partial charge in [-0.05, 0) is 37.1 Å². The van der Waals surface area contributed by atoms with Crippen LogP contribution >= 0.6 is 0 Å². The zero-order valence-electron chi connectivity index (χ0n) is 13.6. The summed E-state index contributed by atoms with van der Waals surface area (Å²) < 4.78 is 4.89. The van der Waals surface area contributed by atoms with Gasteiger partial charge in [-0.3, -0.25) is 4.79 Å². The van der Waals surface area contributed by atoms with Gasteiger partial charge in [0, 0.05) is 24.0 Å². The van der Waals surface area contributed by atoms with Crippen molar-refractivity contribution >= 4 is 23.3 Å². The summed E-state index contributed by atoms with van der Waals surface area (Å²) in [5.41, 5.74) is 1.57. The van der Waals surface area contributed by atoms with Crippen LogP contribution in [0.25, 0.3) is 0 Å². The van der Waals surface area contributed by atoms with Crippen LogP contribution in [0.5, 0.6) is 0 Å². The largest absolute Gasteiger partial charge is 0.472 e. The fourth-order valence-electron chi connectivity index (χ4n) is 2.47. The van der Waals surface area contributed by atoms with E-state index in [0.29, 0.717) is 29.9 Å². The SMILES string of the molecule is N#CCCN(C(=O)Nc1cccc(NC(=O)c2ccoc2)c1)C1CC1. The van der Waals surface area contributed by atoms with E-state index >= 15 is 0 Å². The molecule has 7 heteroatoms. The number of anilines is 2. The van der Waals surface area contributed by atoms with E-state index in [4.69, 9.17) is 9.68 Å². The van der Waals surface area contributed by atoms with Crippen LogP contribution in [0.2, 0.25) is 0 Å². The van der Waals surface area contributed by atoms with Gasteiger partial charge in [0.1, 0.15) is 6.26 Å². The van der Waals surface area contributed by atoms with Crippen molar-refractivity contribution in [1.82, 2.24) is 4.90 Å². The highest BCUT2D eigenvalue weighted by atomic mass is 16.3. The van der Waals surface area contributed by atoms with Crippen molar-refractivity contribution in [1.29, 1.82) is 5.26 Å². The standard InChI is InChI=1S/C18H18N4O3/c19-8-2-9-22(16-5-6-16)18(24)21-15-4-1-3-14(11-15)20-17(23)13-7-10-25-12-13/h1,3-4,7,10-12,16H,2,5-6,9H2,(H,20,23)(H,21,24). The Kier molecular flexibility index (Phi) is 5.00. The minimum absolute atomic E-state index is 0.220. The van der Waals surface area contributed by atoms with E-state index in [9.17, 15) is 9.59 Å². The first-order chi connectivity index (χ1) is 12.2. The van der Waals surface area contributed by atoms with Gasteiger partial charge in [0.25, 0.3) is 5.91 Å². The molecule has 2 N–H and O–H groups in total. The second kappa shape index (κ2) is 7.53. The van der Waals surface area contributed by atoms with Crippen LogP contribution in [0, 0.1) is 11.3 Å². The van der Waals surface area contributed by atoms with Gasteiger partial charge in [-0.15, -0.1) is 0 Å². The van der Waals surface area contributed by atoms with Gasteiger partial charge in [-0.1, -0.05) is 6.07 Å². The van der Waals surface area contributed by atoms with E-state index in [2.05, 4.69) is 16.7 Å². The van der Waals surface area contributed by atoms with Crippen molar-refractivity contribution in [3.63, 3.8) is 0 Å². The highest BCUT2D eigenvalue weighted by Crippen LogP contribution is 2.28. The second-order valence-electron chi connectivity index (χ2n) is 5.81. The van der Waals surface area contributed by atoms with E-state index in [-0.39, 0.29) is 18.0 Å². The number of carbonyl (C=O) groups is 2. The third-order valence-electron chi connectivity index (χ3n) is 3.87. The average molecular weight is 338 g/mol. The Hall–Kier alpha value is -3.27. The molecule has 3 rings (SSSR count). The summed E-state index contributed by atoms with van der Waals surface area (Å²) in [5, 5.41) is 14.3. The van der Waals surface area contributed by atoms with Gasteiger partial charge < -0.3 is 20.0 Å². The molecule has 0 aliphatic heterocycles. The Morgan fingerprint density at radius 2 is 2.00 bits per heavy atom. The second-order valence-corrected chi connectivity index (χ2v) is 5.81. The molecule has 128 valence electrons. The molecule has 2 aromatic rings. The Labute approximate surface area is 145 Å². The number of urea groups is 1. The lowest BCUT2D eigenvalue weighted by atomic mass is 10.2. The van der Waals surface area contributed by atoms with Crippen LogP contribution < -0.4 is 10.6 Å². The van der Waals surface area contributed by atoms with Gasteiger partial charge in [-0.2, -0.15) is 5.26 Å². The molecule has 1 aromatic carbocycles. The summed E-state index contributed by atoms with van der Waals surface area (Å²) in [6, 6.07) is 10.6. The van der Waals surface area contributed by atoms with Gasteiger partial charge in [-0.25, -0.2) is 4.79 Å². The smallest absolute Gasteiger partial charge is 0.322 e. The number of rotatable bonds is 6. The third-order valence-corrected chi connectivity index (χ3v) is 3.87. The first kappa shape index (κ1) is 16.6. The zero-order chi connectivity index (χ0) is 17.6. The number of nitrogens with zero attached hydrogens (tertiary/aromatic N) is 2. The number of benzene rings is 1. The highest BCUT2D eigenvalue weighted by molar-refractivity contribution is 6.04. The molecule has 7 nitrogen and oxygen atoms in total. The average Bonchev–Trinajstić information content (AvgIpc) is 3.27. The molecule has 0 unspecified atom stereocenters. The summed E-state index contributed by atoms with van der Waals surface area (Å²) >= 11 is 0. The van der Waals surface area contributed by atoms with Gasteiger partial charge in [0.15, 0.2) is 0 Å². The summed E-state index contributed by atoms with van der Waals surface area (Å²) in [4.78, 5) is 26.2. The Morgan fingerprint density at radius 1 is 1.24 bits per heavy atom. The Balaban J connectivity index is 1.63. The lowest BCUT2D eigenvalue weighted by Crippen LogP contribution is -2.37. The molecular weight excluding hydrogens is 320 g/mol. The molecule has 1 aliphatic carbocycles. The van der Waals surface area contributed by atoms with Crippen LogP contribution in [0.1, 0.15) is 29.6 Å². The van der Waals surface area contributed by atoms with Crippen LogP contribution in [-0.2, 0) is 0 Å². The van der Waals surface area contributed by atoms with Crippen LogP contribution in [0.15, 0.2) is 47.3 Å². The first-order valence-electron chi connectivity index (χ1n) is 8.05. The number of carbonyl (C=O) groups excluding carboxylic acids is 2. The molecule has 3 amide bonds. The lowest BCUT2D eigenvalue weighted by Gasteiger charge is -2.21. The summed E-state index contributed by atoms with van der Waals surface area (Å²) in [5.74, 6) is -0.286. The molecule has 1 aromatic heterocycles. The summed E-state index contributed by atoms with van der Waals surface area (Å²) in [7, 11) is 0. The van der Waals surface area contributed by atoms with E-state index in [0.717, 1.165) is 12.8 Å². The van der Waals surface area contributed by atoms with Crippen molar-refractivity contribution in [3.05, 3.63) is 48.4 Å². The van der Waals surface area contributed by atoms with Crippen LogP contribution in [0.3, 0.4) is 0 Å². The quantitative estimate of drug-likeness (QED) is 0.843. The predicted octanol–water partition coefficient (Wildman–Crippen LogP) is 3.44. The molecule has 1 saturated carbocycles. The Bertz CT molecular complexity index is 791. The fourth-order valence-corrected chi connectivity index (χ4v) is 2.47. The van der Waals surface area contributed by atoms with Gasteiger partial charge in [0.2, 0.25) is 0 Å². The van der Waals surface area contributed by atoms with Crippen molar-refractivity contribution in [2.24, 2.45) is 0 Å². The minimum atomic E-state index is -0.286. The maximum atomic E-state index is 12.4. The number of amides is 3.